The van der Waals surface area contributed by atoms with E-state index in [-0.39, 0.29) is 0 Å². The first-order valence-electron chi connectivity index (χ1n) is 7.03. The van der Waals surface area contributed by atoms with Crippen LogP contribution in [0, 0.1) is 6.92 Å². The van der Waals surface area contributed by atoms with Crippen molar-refractivity contribution in [2.45, 2.75) is 32.5 Å². The van der Waals surface area contributed by atoms with Crippen LogP contribution in [0.1, 0.15) is 24.3 Å². The SMILES string of the molecule is Cc1ccc(-c2noc(COC3CCNCC3)n2)cc1. The van der Waals surface area contributed by atoms with Crippen LogP contribution in [-0.2, 0) is 11.3 Å². The summed E-state index contributed by atoms with van der Waals surface area (Å²) >= 11 is 0. The summed E-state index contributed by atoms with van der Waals surface area (Å²) in [5, 5.41) is 7.31. The monoisotopic (exact) mass is 273 g/mol. The second kappa shape index (κ2) is 6.15. The molecule has 0 saturated carbocycles. The highest BCUT2D eigenvalue weighted by Crippen LogP contribution is 2.17. The summed E-state index contributed by atoms with van der Waals surface area (Å²) in [4.78, 5) is 4.38. The van der Waals surface area contributed by atoms with Gasteiger partial charge in [0.1, 0.15) is 6.61 Å². The van der Waals surface area contributed by atoms with Crippen LogP contribution in [-0.4, -0.2) is 29.3 Å². The molecule has 0 atom stereocenters. The van der Waals surface area contributed by atoms with Crippen LogP contribution in [0.25, 0.3) is 11.4 Å². The number of rotatable bonds is 4. The molecule has 5 nitrogen and oxygen atoms in total. The molecule has 0 aliphatic carbocycles. The van der Waals surface area contributed by atoms with Crippen molar-refractivity contribution in [3.05, 3.63) is 35.7 Å². The minimum atomic E-state index is 0.297. The fourth-order valence-electron chi connectivity index (χ4n) is 2.28. The van der Waals surface area contributed by atoms with E-state index >= 15 is 0 Å². The molecule has 5 heteroatoms. The molecule has 1 aromatic carbocycles. The molecular weight excluding hydrogens is 254 g/mol. The molecule has 1 aliphatic rings. The number of nitrogens with zero attached hydrogens (tertiary/aromatic N) is 2. The minimum Gasteiger partial charge on any atom is -0.368 e. The van der Waals surface area contributed by atoms with Crippen molar-refractivity contribution < 1.29 is 9.26 Å². The van der Waals surface area contributed by atoms with Gasteiger partial charge < -0.3 is 14.6 Å². The Bertz CT molecular complexity index is 545. The zero-order valence-electron chi connectivity index (χ0n) is 11.6. The van der Waals surface area contributed by atoms with Gasteiger partial charge >= 0.3 is 0 Å². The molecule has 0 unspecified atom stereocenters. The predicted octanol–water partition coefficient (Wildman–Crippen LogP) is 2.31. The molecular formula is C15H19N3O2. The van der Waals surface area contributed by atoms with Gasteiger partial charge in [-0.3, -0.25) is 0 Å². The molecule has 0 amide bonds. The third-order valence-corrected chi connectivity index (χ3v) is 3.51. The van der Waals surface area contributed by atoms with Gasteiger partial charge in [-0.25, -0.2) is 0 Å². The van der Waals surface area contributed by atoms with Gasteiger partial charge in [0.25, 0.3) is 5.89 Å². The van der Waals surface area contributed by atoms with Crippen LogP contribution in [0.4, 0.5) is 0 Å². The normalized spacial score (nSPS) is 16.4. The molecule has 20 heavy (non-hydrogen) atoms. The second-order valence-electron chi connectivity index (χ2n) is 5.14. The van der Waals surface area contributed by atoms with Crippen LogP contribution in [0.3, 0.4) is 0 Å². The highest BCUT2D eigenvalue weighted by Gasteiger charge is 2.15. The Morgan fingerprint density at radius 2 is 2.00 bits per heavy atom. The molecule has 2 heterocycles. The lowest BCUT2D eigenvalue weighted by Gasteiger charge is -2.21. The van der Waals surface area contributed by atoms with Crippen LogP contribution >= 0.6 is 0 Å². The van der Waals surface area contributed by atoms with Crippen molar-refractivity contribution >= 4 is 0 Å². The van der Waals surface area contributed by atoms with Gasteiger partial charge in [0.05, 0.1) is 6.10 Å². The zero-order chi connectivity index (χ0) is 13.8. The number of benzene rings is 1. The van der Waals surface area contributed by atoms with Crippen molar-refractivity contribution in [3.63, 3.8) is 0 Å². The lowest BCUT2D eigenvalue weighted by molar-refractivity contribution is 0.00859. The molecule has 1 aromatic heterocycles. The third kappa shape index (κ3) is 3.23. The molecule has 2 aromatic rings. The van der Waals surface area contributed by atoms with Crippen molar-refractivity contribution in [1.29, 1.82) is 0 Å². The molecule has 1 fully saturated rings. The number of nitrogens with one attached hydrogen (secondary N) is 1. The largest absolute Gasteiger partial charge is 0.368 e. The first kappa shape index (κ1) is 13.3. The summed E-state index contributed by atoms with van der Waals surface area (Å²) in [5.74, 6) is 1.16. The van der Waals surface area contributed by atoms with E-state index < -0.39 is 0 Å². The van der Waals surface area contributed by atoms with Gasteiger partial charge in [-0.2, -0.15) is 4.98 Å². The second-order valence-corrected chi connectivity index (χ2v) is 5.14. The predicted molar refractivity (Wildman–Crippen MR) is 75.2 cm³/mol. The van der Waals surface area contributed by atoms with Crippen LogP contribution in [0.15, 0.2) is 28.8 Å². The maximum absolute atomic E-state index is 5.80. The first-order valence-corrected chi connectivity index (χ1v) is 7.03. The molecule has 0 spiro atoms. The fourth-order valence-corrected chi connectivity index (χ4v) is 2.28. The highest BCUT2D eigenvalue weighted by atomic mass is 16.5. The zero-order valence-corrected chi connectivity index (χ0v) is 11.6. The Balaban J connectivity index is 1.60. The van der Waals surface area contributed by atoms with Gasteiger partial charge in [-0.15, -0.1) is 0 Å². The minimum absolute atomic E-state index is 0.297. The summed E-state index contributed by atoms with van der Waals surface area (Å²) in [5.41, 5.74) is 2.18. The molecule has 1 saturated heterocycles. The van der Waals surface area contributed by atoms with E-state index in [0.717, 1.165) is 31.5 Å². The lowest BCUT2D eigenvalue weighted by atomic mass is 10.1. The molecule has 1 N–H and O–H groups in total. The Labute approximate surface area is 118 Å². The van der Waals surface area contributed by atoms with Crippen LogP contribution in [0.2, 0.25) is 0 Å². The Morgan fingerprint density at radius 3 is 2.75 bits per heavy atom. The average Bonchev–Trinajstić information content (AvgIpc) is 2.96. The maximum atomic E-state index is 5.80. The van der Waals surface area contributed by atoms with Crippen LogP contribution in [0.5, 0.6) is 0 Å². The standard InChI is InChI=1S/C15H19N3O2/c1-11-2-4-12(5-3-11)15-17-14(20-18-15)10-19-13-6-8-16-9-7-13/h2-5,13,16H,6-10H2,1H3. The Kier molecular flexibility index (Phi) is 4.08. The van der Waals surface area contributed by atoms with E-state index in [9.17, 15) is 0 Å². The van der Waals surface area contributed by atoms with Gasteiger partial charge in [0, 0.05) is 5.56 Å². The number of hydrogen-bond acceptors (Lipinski definition) is 5. The lowest BCUT2D eigenvalue weighted by Crippen LogP contribution is -2.32. The Morgan fingerprint density at radius 1 is 1.25 bits per heavy atom. The van der Waals surface area contributed by atoms with Gasteiger partial charge in [0.2, 0.25) is 5.82 Å². The summed E-state index contributed by atoms with van der Waals surface area (Å²) < 4.78 is 11.0. The van der Waals surface area contributed by atoms with E-state index in [1.54, 1.807) is 0 Å². The number of aromatic nitrogens is 2. The summed E-state index contributed by atoms with van der Waals surface area (Å²) in [6.45, 7) is 4.48. The van der Waals surface area contributed by atoms with Gasteiger partial charge in [-0.1, -0.05) is 35.0 Å². The smallest absolute Gasteiger partial charge is 0.252 e. The average molecular weight is 273 g/mol. The number of piperidine rings is 1. The first-order chi connectivity index (χ1) is 9.81. The summed E-state index contributed by atoms with van der Waals surface area (Å²) in [6.07, 6.45) is 2.38. The van der Waals surface area contributed by atoms with E-state index in [4.69, 9.17) is 9.26 Å². The molecule has 106 valence electrons. The van der Waals surface area contributed by atoms with E-state index in [0.29, 0.717) is 24.4 Å². The molecule has 0 bridgehead atoms. The highest BCUT2D eigenvalue weighted by molar-refractivity contribution is 5.54. The van der Waals surface area contributed by atoms with Gasteiger partial charge in [-0.05, 0) is 32.9 Å². The van der Waals surface area contributed by atoms with E-state index in [1.165, 1.54) is 5.56 Å². The van der Waals surface area contributed by atoms with Crippen molar-refractivity contribution in [1.82, 2.24) is 15.5 Å². The van der Waals surface area contributed by atoms with E-state index in [1.807, 2.05) is 24.3 Å². The van der Waals surface area contributed by atoms with Crippen molar-refractivity contribution in [2.24, 2.45) is 0 Å². The van der Waals surface area contributed by atoms with E-state index in [2.05, 4.69) is 22.4 Å². The summed E-state index contributed by atoms with van der Waals surface area (Å²) in [7, 11) is 0. The topological polar surface area (TPSA) is 60.2 Å². The summed E-state index contributed by atoms with van der Waals surface area (Å²) in [6, 6.07) is 8.07. The maximum Gasteiger partial charge on any atom is 0.252 e. The quantitative estimate of drug-likeness (QED) is 0.926. The third-order valence-electron chi connectivity index (χ3n) is 3.51. The fraction of sp³-hybridized carbons (Fsp3) is 0.467. The van der Waals surface area contributed by atoms with Gasteiger partial charge in [0.15, 0.2) is 0 Å². The van der Waals surface area contributed by atoms with Crippen molar-refractivity contribution in [3.8, 4) is 11.4 Å². The number of hydrogen-bond donors (Lipinski definition) is 1. The number of ether oxygens (including phenoxy) is 1. The molecule has 0 radical (unpaired) electrons. The Hall–Kier alpha value is -1.72. The number of aryl methyl sites for hydroxylation is 1. The molecule has 1 aliphatic heterocycles. The van der Waals surface area contributed by atoms with Crippen LogP contribution < -0.4 is 5.32 Å². The molecule has 3 rings (SSSR count). The van der Waals surface area contributed by atoms with Crippen molar-refractivity contribution in [2.75, 3.05) is 13.1 Å².